The molecular formula is C27H28N4O2. The summed E-state index contributed by atoms with van der Waals surface area (Å²) < 4.78 is 0. The molecule has 3 heterocycles. The van der Waals surface area contributed by atoms with Crippen LogP contribution in [0.4, 0.5) is 0 Å². The zero-order valence-corrected chi connectivity index (χ0v) is 18.6. The number of hydrogen-bond donors (Lipinski definition) is 1. The Morgan fingerprint density at radius 3 is 2.30 bits per heavy atom. The van der Waals surface area contributed by atoms with Crippen molar-refractivity contribution in [3.63, 3.8) is 0 Å². The molecule has 0 aliphatic carbocycles. The normalized spacial score (nSPS) is 15.0. The number of pyridine rings is 2. The SMILES string of the molecule is C=CCNC(=O)C1(Cc2cccc(-c3ccncc3)c2)CCN(C(=O)c2ccncc2)CC1. The maximum Gasteiger partial charge on any atom is 0.253 e. The average molecular weight is 441 g/mol. The van der Waals surface area contributed by atoms with E-state index in [-0.39, 0.29) is 11.8 Å². The monoisotopic (exact) mass is 440 g/mol. The predicted molar refractivity (Wildman–Crippen MR) is 128 cm³/mol. The maximum atomic E-state index is 13.3. The number of piperidine rings is 1. The van der Waals surface area contributed by atoms with E-state index in [0.29, 0.717) is 44.5 Å². The van der Waals surface area contributed by atoms with Crippen LogP contribution in [0.2, 0.25) is 0 Å². The largest absolute Gasteiger partial charge is 0.352 e. The Bertz CT molecular complexity index is 1110. The third-order valence-corrected chi connectivity index (χ3v) is 6.31. The summed E-state index contributed by atoms with van der Waals surface area (Å²) in [6, 6.07) is 15.7. The summed E-state index contributed by atoms with van der Waals surface area (Å²) in [5, 5.41) is 3.01. The van der Waals surface area contributed by atoms with Gasteiger partial charge in [0, 0.05) is 50.0 Å². The van der Waals surface area contributed by atoms with Crippen LogP contribution in [0.3, 0.4) is 0 Å². The minimum Gasteiger partial charge on any atom is -0.352 e. The van der Waals surface area contributed by atoms with Crippen LogP contribution in [0.25, 0.3) is 11.1 Å². The van der Waals surface area contributed by atoms with E-state index in [2.05, 4.69) is 40.1 Å². The summed E-state index contributed by atoms with van der Waals surface area (Å²) in [5.41, 5.74) is 3.34. The van der Waals surface area contributed by atoms with Crippen molar-refractivity contribution in [2.45, 2.75) is 19.3 Å². The second-order valence-corrected chi connectivity index (χ2v) is 8.42. The van der Waals surface area contributed by atoms with Gasteiger partial charge >= 0.3 is 0 Å². The van der Waals surface area contributed by atoms with Gasteiger partial charge in [-0.15, -0.1) is 6.58 Å². The molecule has 0 spiro atoms. The molecule has 0 unspecified atom stereocenters. The van der Waals surface area contributed by atoms with Crippen molar-refractivity contribution in [3.8, 4) is 11.1 Å². The number of amides is 2. The smallest absolute Gasteiger partial charge is 0.253 e. The fraction of sp³-hybridized carbons (Fsp3) is 0.259. The van der Waals surface area contributed by atoms with Crippen LogP contribution in [0, 0.1) is 5.41 Å². The molecule has 3 aromatic rings. The predicted octanol–water partition coefficient (Wildman–Crippen LogP) is 3.91. The first kappa shape index (κ1) is 22.4. The minimum absolute atomic E-state index is 0.0165. The number of rotatable bonds is 7. The summed E-state index contributed by atoms with van der Waals surface area (Å²) in [6.07, 6.45) is 10.3. The van der Waals surface area contributed by atoms with Crippen LogP contribution in [0.15, 0.2) is 86.0 Å². The summed E-state index contributed by atoms with van der Waals surface area (Å²) in [7, 11) is 0. The van der Waals surface area contributed by atoms with E-state index in [0.717, 1.165) is 16.7 Å². The van der Waals surface area contributed by atoms with Crippen molar-refractivity contribution in [2.75, 3.05) is 19.6 Å². The highest BCUT2D eigenvalue weighted by Crippen LogP contribution is 2.37. The van der Waals surface area contributed by atoms with Gasteiger partial charge in [0.1, 0.15) is 0 Å². The van der Waals surface area contributed by atoms with E-state index in [1.54, 1.807) is 43.0 Å². The Kier molecular flexibility index (Phi) is 6.93. The Morgan fingerprint density at radius 1 is 0.970 bits per heavy atom. The zero-order chi connectivity index (χ0) is 23.1. The minimum atomic E-state index is -0.575. The third kappa shape index (κ3) is 5.17. The fourth-order valence-electron chi connectivity index (χ4n) is 4.45. The molecular weight excluding hydrogens is 412 g/mol. The van der Waals surface area contributed by atoms with Gasteiger partial charge in [0.05, 0.1) is 5.41 Å². The highest BCUT2D eigenvalue weighted by molar-refractivity contribution is 5.94. The van der Waals surface area contributed by atoms with E-state index in [4.69, 9.17) is 0 Å². The molecule has 0 bridgehead atoms. The second-order valence-electron chi connectivity index (χ2n) is 8.42. The number of nitrogens with one attached hydrogen (secondary N) is 1. The lowest BCUT2D eigenvalue weighted by molar-refractivity contribution is -0.133. The summed E-state index contributed by atoms with van der Waals surface area (Å²) in [5.74, 6) is 0.00454. The van der Waals surface area contributed by atoms with Gasteiger partial charge in [0.25, 0.3) is 5.91 Å². The first-order valence-corrected chi connectivity index (χ1v) is 11.2. The van der Waals surface area contributed by atoms with Crippen LogP contribution in [0.5, 0.6) is 0 Å². The lowest BCUT2D eigenvalue weighted by Gasteiger charge is -2.41. The van der Waals surface area contributed by atoms with Gasteiger partial charge in [-0.05, 0) is 60.2 Å². The molecule has 1 saturated heterocycles. The van der Waals surface area contributed by atoms with Crippen molar-refractivity contribution in [1.82, 2.24) is 20.2 Å². The van der Waals surface area contributed by atoms with Crippen LogP contribution < -0.4 is 5.32 Å². The molecule has 0 radical (unpaired) electrons. The van der Waals surface area contributed by atoms with Crippen LogP contribution in [0.1, 0.15) is 28.8 Å². The summed E-state index contributed by atoms with van der Waals surface area (Å²) >= 11 is 0. The molecule has 1 aromatic carbocycles. The number of aromatic nitrogens is 2. The van der Waals surface area contributed by atoms with Crippen molar-refractivity contribution >= 4 is 11.8 Å². The van der Waals surface area contributed by atoms with Crippen molar-refractivity contribution < 1.29 is 9.59 Å². The number of carbonyl (C=O) groups excluding carboxylic acids is 2. The molecule has 6 heteroatoms. The third-order valence-electron chi connectivity index (χ3n) is 6.31. The Labute approximate surface area is 194 Å². The van der Waals surface area contributed by atoms with Gasteiger partial charge in [0.15, 0.2) is 0 Å². The maximum absolute atomic E-state index is 13.3. The molecule has 2 amide bonds. The van der Waals surface area contributed by atoms with E-state index in [1.165, 1.54) is 0 Å². The van der Waals surface area contributed by atoms with E-state index >= 15 is 0 Å². The Hall–Kier alpha value is -3.80. The molecule has 168 valence electrons. The van der Waals surface area contributed by atoms with Crippen LogP contribution in [-0.2, 0) is 11.2 Å². The molecule has 33 heavy (non-hydrogen) atoms. The second kappa shape index (κ2) is 10.2. The number of carbonyl (C=O) groups is 2. The Balaban J connectivity index is 1.54. The molecule has 2 aromatic heterocycles. The molecule has 0 saturated carbocycles. The van der Waals surface area contributed by atoms with Gasteiger partial charge in [-0.1, -0.05) is 30.3 Å². The molecule has 0 atom stereocenters. The first-order chi connectivity index (χ1) is 16.1. The highest BCUT2D eigenvalue weighted by atomic mass is 16.2. The first-order valence-electron chi connectivity index (χ1n) is 11.2. The number of likely N-dealkylation sites (tertiary alicyclic amines) is 1. The quantitative estimate of drug-likeness (QED) is 0.565. The van der Waals surface area contributed by atoms with Gasteiger partial charge in [-0.3, -0.25) is 19.6 Å². The molecule has 1 aliphatic rings. The van der Waals surface area contributed by atoms with Crippen molar-refractivity contribution in [3.05, 3.63) is 97.1 Å². The number of benzene rings is 1. The number of hydrogen-bond acceptors (Lipinski definition) is 4. The molecule has 6 nitrogen and oxygen atoms in total. The molecule has 1 fully saturated rings. The van der Waals surface area contributed by atoms with Gasteiger partial charge in [-0.25, -0.2) is 0 Å². The zero-order valence-electron chi connectivity index (χ0n) is 18.6. The van der Waals surface area contributed by atoms with E-state index < -0.39 is 5.41 Å². The lowest BCUT2D eigenvalue weighted by atomic mass is 9.72. The summed E-state index contributed by atoms with van der Waals surface area (Å²) in [6.45, 7) is 5.22. The lowest BCUT2D eigenvalue weighted by Crippen LogP contribution is -2.51. The van der Waals surface area contributed by atoms with Crippen LogP contribution in [-0.4, -0.2) is 46.3 Å². The fourth-order valence-corrected chi connectivity index (χ4v) is 4.45. The topological polar surface area (TPSA) is 75.2 Å². The molecule has 4 rings (SSSR count). The average Bonchev–Trinajstić information content (AvgIpc) is 2.88. The van der Waals surface area contributed by atoms with Gasteiger partial charge in [0.2, 0.25) is 5.91 Å². The van der Waals surface area contributed by atoms with Crippen molar-refractivity contribution in [2.24, 2.45) is 5.41 Å². The Morgan fingerprint density at radius 2 is 1.64 bits per heavy atom. The molecule has 1 aliphatic heterocycles. The van der Waals surface area contributed by atoms with Crippen LogP contribution >= 0.6 is 0 Å². The summed E-state index contributed by atoms with van der Waals surface area (Å²) in [4.78, 5) is 36.1. The van der Waals surface area contributed by atoms with Crippen molar-refractivity contribution in [1.29, 1.82) is 0 Å². The van der Waals surface area contributed by atoms with Gasteiger partial charge in [-0.2, -0.15) is 0 Å². The molecule has 1 N–H and O–H groups in total. The van der Waals surface area contributed by atoms with E-state index in [9.17, 15) is 9.59 Å². The van der Waals surface area contributed by atoms with Gasteiger partial charge < -0.3 is 10.2 Å². The standard InChI is InChI=1S/C27H28N4O2/c1-2-12-30-26(33)27(10-17-31(18-11-27)25(32)23-8-15-29-16-9-23)20-21-4-3-5-24(19-21)22-6-13-28-14-7-22/h2-9,13-16,19H,1,10-12,17-18,20H2,(H,30,33). The number of nitrogens with zero attached hydrogens (tertiary/aromatic N) is 3. The van der Waals surface area contributed by atoms with E-state index in [1.807, 2.05) is 23.1 Å². The highest BCUT2D eigenvalue weighted by Gasteiger charge is 2.42.